The van der Waals surface area contributed by atoms with Gasteiger partial charge in [0.15, 0.2) is 10.6 Å². The lowest BCUT2D eigenvalue weighted by Crippen LogP contribution is -2.31. The van der Waals surface area contributed by atoms with E-state index in [2.05, 4.69) is 35.4 Å². The molecule has 0 aliphatic carbocycles. The van der Waals surface area contributed by atoms with Gasteiger partial charge in [-0.2, -0.15) is 5.10 Å². The summed E-state index contributed by atoms with van der Waals surface area (Å²) in [6, 6.07) is 11.8. The van der Waals surface area contributed by atoms with E-state index >= 15 is 0 Å². The van der Waals surface area contributed by atoms with Crippen LogP contribution in [0.2, 0.25) is 0 Å². The van der Waals surface area contributed by atoms with Crippen LogP contribution >= 0.6 is 23.6 Å². The summed E-state index contributed by atoms with van der Waals surface area (Å²) in [7, 11) is 0. The van der Waals surface area contributed by atoms with Crippen LogP contribution in [0, 0.1) is 10.7 Å². The van der Waals surface area contributed by atoms with Crippen LogP contribution in [0.25, 0.3) is 11.4 Å². The predicted molar refractivity (Wildman–Crippen MR) is 119 cm³/mol. The number of amides is 1. The van der Waals surface area contributed by atoms with Crippen LogP contribution in [-0.4, -0.2) is 27.3 Å². The number of carbonyl (C=O) groups excluding carboxylic acids is 1. The summed E-state index contributed by atoms with van der Waals surface area (Å²) in [6.07, 6.45) is 0.326. The van der Waals surface area contributed by atoms with Crippen molar-refractivity contribution in [1.29, 1.82) is 0 Å². The van der Waals surface area contributed by atoms with Crippen molar-refractivity contribution in [2.45, 2.75) is 39.8 Å². The van der Waals surface area contributed by atoms with E-state index in [1.165, 1.54) is 4.88 Å². The zero-order valence-electron chi connectivity index (χ0n) is 16.8. The molecule has 8 heteroatoms. The van der Waals surface area contributed by atoms with Crippen molar-refractivity contribution < 1.29 is 9.53 Å². The number of nitrogens with zero attached hydrogens (tertiary/aromatic N) is 2. The minimum absolute atomic E-state index is 0.00200. The number of thiophene rings is 1. The standard InChI is InChI=1S/C21H26N4O2S2/c1-4-27-16-9-7-15(8-10-16)20-23-24-21(28)25(20)12-11-18(26)22-19(14(2)3)17-6-5-13-29-17/h5-10,13-14,19H,4,11-12H2,1-3H3,(H,22,26)(H,24,28)/t19-/m0/s1. The zero-order valence-corrected chi connectivity index (χ0v) is 18.5. The van der Waals surface area contributed by atoms with Crippen molar-refractivity contribution in [3.63, 3.8) is 0 Å². The second kappa shape index (κ2) is 9.84. The Hall–Kier alpha value is -2.45. The molecule has 0 radical (unpaired) electrons. The highest BCUT2D eigenvalue weighted by Crippen LogP contribution is 2.26. The first-order valence-corrected chi connectivity index (χ1v) is 11.0. The Morgan fingerprint density at radius 2 is 2.07 bits per heavy atom. The monoisotopic (exact) mass is 430 g/mol. The third-order valence-corrected chi connectivity index (χ3v) is 5.84. The first kappa shape index (κ1) is 21.3. The molecule has 0 saturated heterocycles. The second-order valence-electron chi connectivity index (χ2n) is 7.02. The van der Waals surface area contributed by atoms with E-state index < -0.39 is 0 Å². The van der Waals surface area contributed by atoms with E-state index in [-0.39, 0.29) is 11.9 Å². The fourth-order valence-corrected chi connectivity index (χ4v) is 4.28. The number of ether oxygens (including phenoxy) is 1. The molecule has 0 spiro atoms. The molecule has 0 aliphatic heterocycles. The van der Waals surface area contributed by atoms with Crippen LogP contribution in [0.5, 0.6) is 5.75 Å². The smallest absolute Gasteiger partial charge is 0.222 e. The van der Waals surface area contributed by atoms with Gasteiger partial charge in [-0.1, -0.05) is 19.9 Å². The van der Waals surface area contributed by atoms with Gasteiger partial charge in [0.05, 0.1) is 12.6 Å². The normalized spacial score (nSPS) is 12.1. The van der Waals surface area contributed by atoms with Gasteiger partial charge in [-0.3, -0.25) is 14.5 Å². The van der Waals surface area contributed by atoms with Crippen LogP contribution in [0.4, 0.5) is 0 Å². The van der Waals surface area contributed by atoms with Gasteiger partial charge >= 0.3 is 0 Å². The van der Waals surface area contributed by atoms with Crippen molar-refractivity contribution in [2.75, 3.05) is 6.61 Å². The summed E-state index contributed by atoms with van der Waals surface area (Å²) in [4.78, 5) is 13.8. The maximum absolute atomic E-state index is 12.6. The largest absolute Gasteiger partial charge is 0.494 e. The van der Waals surface area contributed by atoms with E-state index in [4.69, 9.17) is 17.0 Å². The molecule has 3 rings (SSSR count). The molecule has 29 heavy (non-hydrogen) atoms. The van der Waals surface area contributed by atoms with Gasteiger partial charge in [0.2, 0.25) is 5.91 Å². The van der Waals surface area contributed by atoms with Crippen molar-refractivity contribution in [2.24, 2.45) is 5.92 Å². The molecule has 0 fully saturated rings. The number of aromatic nitrogens is 3. The summed E-state index contributed by atoms with van der Waals surface area (Å²) < 4.78 is 7.85. The number of aromatic amines is 1. The minimum atomic E-state index is -0.00200. The molecule has 0 aliphatic rings. The Morgan fingerprint density at radius 3 is 2.69 bits per heavy atom. The second-order valence-corrected chi connectivity index (χ2v) is 8.38. The molecule has 1 aromatic carbocycles. The number of hydrogen-bond acceptors (Lipinski definition) is 5. The molecule has 154 valence electrons. The lowest BCUT2D eigenvalue weighted by Gasteiger charge is -2.21. The number of H-pyrrole nitrogens is 1. The molecule has 2 aromatic heterocycles. The SMILES string of the molecule is CCOc1ccc(-c2n[nH]c(=S)n2CCC(=O)N[C@H](c2cccs2)C(C)C)cc1. The van der Waals surface area contributed by atoms with Crippen LogP contribution in [0.3, 0.4) is 0 Å². The van der Waals surface area contributed by atoms with Gasteiger partial charge < -0.3 is 10.1 Å². The molecule has 1 atom stereocenters. The third kappa shape index (κ3) is 5.33. The number of nitrogens with one attached hydrogen (secondary N) is 2. The number of benzene rings is 1. The molecule has 3 aromatic rings. The van der Waals surface area contributed by atoms with Gasteiger partial charge in [-0.25, -0.2) is 0 Å². The molecule has 1 amide bonds. The fraction of sp³-hybridized carbons (Fsp3) is 0.381. The molecule has 0 bridgehead atoms. The molecule has 0 saturated carbocycles. The van der Waals surface area contributed by atoms with Crippen LogP contribution in [-0.2, 0) is 11.3 Å². The minimum Gasteiger partial charge on any atom is -0.494 e. The van der Waals surface area contributed by atoms with E-state index in [9.17, 15) is 4.79 Å². The summed E-state index contributed by atoms with van der Waals surface area (Å²) >= 11 is 7.04. The van der Waals surface area contributed by atoms with Gasteiger partial charge in [0, 0.05) is 23.4 Å². The summed E-state index contributed by atoms with van der Waals surface area (Å²) in [5, 5.41) is 12.4. The van der Waals surface area contributed by atoms with E-state index in [0.29, 0.717) is 36.1 Å². The zero-order chi connectivity index (χ0) is 20.8. The third-order valence-electron chi connectivity index (χ3n) is 4.58. The van der Waals surface area contributed by atoms with Crippen molar-refractivity contribution in [3.05, 3.63) is 51.4 Å². The van der Waals surface area contributed by atoms with Crippen LogP contribution in [0.15, 0.2) is 41.8 Å². The molecule has 2 N–H and O–H groups in total. The van der Waals surface area contributed by atoms with Gasteiger partial charge in [0.1, 0.15) is 5.75 Å². The van der Waals surface area contributed by atoms with Crippen LogP contribution < -0.4 is 10.1 Å². The van der Waals surface area contributed by atoms with Crippen molar-refractivity contribution in [1.82, 2.24) is 20.1 Å². The Bertz CT molecular complexity index is 975. The maximum atomic E-state index is 12.6. The first-order chi connectivity index (χ1) is 14.0. The molecule has 6 nitrogen and oxygen atoms in total. The lowest BCUT2D eigenvalue weighted by atomic mass is 10.0. The van der Waals surface area contributed by atoms with E-state index in [0.717, 1.165) is 11.3 Å². The van der Waals surface area contributed by atoms with Crippen LogP contribution in [0.1, 0.15) is 38.1 Å². The van der Waals surface area contributed by atoms with E-state index in [1.54, 1.807) is 11.3 Å². The highest BCUT2D eigenvalue weighted by atomic mass is 32.1. The molecular formula is C21H26N4O2S2. The van der Waals surface area contributed by atoms with Gasteiger partial charge in [-0.05, 0) is 60.8 Å². The Labute approximate surface area is 179 Å². The first-order valence-electron chi connectivity index (χ1n) is 9.70. The average molecular weight is 431 g/mol. The number of carbonyl (C=O) groups is 1. The summed E-state index contributed by atoms with van der Waals surface area (Å²) in [5.74, 6) is 1.83. The van der Waals surface area contributed by atoms with Gasteiger partial charge in [-0.15, -0.1) is 11.3 Å². The number of rotatable bonds is 9. The summed E-state index contributed by atoms with van der Waals surface area (Å²) in [6.45, 7) is 7.25. The highest BCUT2D eigenvalue weighted by Gasteiger charge is 2.19. The molecular weight excluding hydrogens is 404 g/mol. The molecule has 0 unspecified atom stereocenters. The highest BCUT2D eigenvalue weighted by molar-refractivity contribution is 7.71. The quantitative estimate of drug-likeness (QED) is 0.470. The van der Waals surface area contributed by atoms with Gasteiger partial charge in [0.25, 0.3) is 0 Å². The fourth-order valence-electron chi connectivity index (χ4n) is 3.11. The summed E-state index contributed by atoms with van der Waals surface area (Å²) in [5.41, 5.74) is 0.917. The number of hydrogen-bond donors (Lipinski definition) is 2. The maximum Gasteiger partial charge on any atom is 0.222 e. The van der Waals surface area contributed by atoms with Crippen molar-refractivity contribution in [3.8, 4) is 17.1 Å². The Balaban J connectivity index is 1.68. The average Bonchev–Trinajstić information content (AvgIpc) is 3.35. The topological polar surface area (TPSA) is 71.9 Å². The van der Waals surface area contributed by atoms with E-state index in [1.807, 2.05) is 47.2 Å². The Morgan fingerprint density at radius 1 is 1.31 bits per heavy atom. The lowest BCUT2D eigenvalue weighted by molar-refractivity contribution is -0.122. The predicted octanol–water partition coefficient (Wildman–Crippen LogP) is 4.97. The van der Waals surface area contributed by atoms with Crippen molar-refractivity contribution >= 4 is 29.5 Å². The Kier molecular flexibility index (Phi) is 7.22. The molecule has 2 heterocycles.